The molecule has 1 heterocycles. The summed E-state index contributed by atoms with van der Waals surface area (Å²) >= 11 is 0. The molecule has 1 saturated heterocycles. The molecule has 1 fully saturated rings. The number of hydrogen-bond donors (Lipinski definition) is 0. The Morgan fingerprint density at radius 2 is 1.67 bits per heavy atom. The molecule has 0 N–H and O–H groups in total. The van der Waals surface area contributed by atoms with Gasteiger partial charge in [0, 0.05) is 26.2 Å². The Morgan fingerprint density at radius 3 is 2.17 bits per heavy atom. The number of rotatable bonds is 6. The van der Waals surface area contributed by atoms with Crippen LogP contribution in [0.5, 0.6) is 0 Å². The maximum atomic E-state index is 11.8. The van der Waals surface area contributed by atoms with Crippen molar-refractivity contribution in [3.05, 3.63) is 0 Å². The fraction of sp³-hybridized carbons (Fsp3) is 0.750. The highest BCUT2D eigenvalue weighted by atomic mass is 16.5. The van der Waals surface area contributed by atoms with E-state index in [-0.39, 0.29) is 18.9 Å². The van der Waals surface area contributed by atoms with Crippen LogP contribution in [-0.2, 0) is 19.1 Å². The van der Waals surface area contributed by atoms with Gasteiger partial charge in [0.1, 0.15) is 0 Å². The lowest BCUT2D eigenvalue weighted by Gasteiger charge is -2.33. The van der Waals surface area contributed by atoms with Crippen molar-refractivity contribution in [1.82, 2.24) is 9.80 Å². The summed E-state index contributed by atoms with van der Waals surface area (Å²) in [5, 5.41) is 0. The lowest BCUT2D eigenvalue weighted by atomic mass is 10.2. The molecule has 0 aliphatic carbocycles. The van der Waals surface area contributed by atoms with Crippen molar-refractivity contribution in [2.24, 2.45) is 0 Å². The zero-order chi connectivity index (χ0) is 13.5. The van der Waals surface area contributed by atoms with Crippen LogP contribution in [0.15, 0.2) is 0 Å². The Hall–Kier alpha value is -1.59. The molecule has 102 valence electrons. The van der Waals surface area contributed by atoms with Crippen LogP contribution in [0.3, 0.4) is 0 Å². The van der Waals surface area contributed by atoms with Crippen molar-refractivity contribution >= 4 is 17.8 Å². The number of esters is 1. The first-order valence-electron chi connectivity index (χ1n) is 6.34. The molecule has 1 aliphatic heterocycles. The van der Waals surface area contributed by atoms with E-state index in [9.17, 15) is 14.4 Å². The van der Waals surface area contributed by atoms with E-state index in [2.05, 4.69) is 0 Å². The number of amides is 2. The van der Waals surface area contributed by atoms with Crippen LogP contribution >= 0.6 is 0 Å². The lowest BCUT2D eigenvalue weighted by molar-refractivity contribution is -0.156. The first kappa shape index (κ1) is 14.5. The monoisotopic (exact) mass is 256 g/mol. The molecule has 0 bridgehead atoms. The first-order valence-corrected chi connectivity index (χ1v) is 6.34. The highest BCUT2D eigenvalue weighted by Crippen LogP contribution is 2.06. The molecule has 0 aromatic rings. The Morgan fingerprint density at radius 1 is 1.11 bits per heavy atom. The summed E-state index contributed by atoms with van der Waals surface area (Å²) in [5.41, 5.74) is 0. The molecule has 0 atom stereocenters. The van der Waals surface area contributed by atoms with Crippen molar-refractivity contribution in [2.45, 2.75) is 26.7 Å². The van der Waals surface area contributed by atoms with E-state index in [1.807, 2.05) is 6.92 Å². The number of ether oxygens (including phenoxy) is 1. The molecule has 1 aliphatic rings. The fourth-order valence-corrected chi connectivity index (χ4v) is 1.87. The number of piperazine rings is 1. The molecular formula is C12H20N2O4. The van der Waals surface area contributed by atoms with Gasteiger partial charge in [0.05, 0.1) is 13.0 Å². The topological polar surface area (TPSA) is 66.9 Å². The van der Waals surface area contributed by atoms with E-state index < -0.39 is 11.8 Å². The summed E-state index contributed by atoms with van der Waals surface area (Å²) in [6, 6.07) is 0. The molecule has 0 saturated carbocycles. The lowest BCUT2D eigenvalue weighted by Crippen LogP contribution is -2.54. The van der Waals surface area contributed by atoms with E-state index in [4.69, 9.17) is 4.74 Å². The molecule has 0 aromatic carbocycles. The van der Waals surface area contributed by atoms with Crippen LogP contribution in [0.4, 0.5) is 0 Å². The van der Waals surface area contributed by atoms with Gasteiger partial charge in [-0.15, -0.1) is 0 Å². The molecule has 0 aromatic heterocycles. The smallest absolute Gasteiger partial charge is 0.312 e. The van der Waals surface area contributed by atoms with Crippen molar-refractivity contribution in [2.75, 3.05) is 32.8 Å². The molecule has 1 rings (SSSR count). The summed E-state index contributed by atoms with van der Waals surface area (Å²) in [7, 11) is 0. The zero-order valence-electron chi connectivity index (χ0n) is 11.0. The second-order valence-electron chi connectivity index (χ2n) is 4.14. The maximum Gasteiger partial charge on any atom is 0.312 e. The number of nitrogens with zero attached hydrogens (tertiary/aromatic N) is 2. The van der Waals surface area contributed by atoms with Crippen LogP contribution < -0.4 is 0 Å². The van der Waals surface area contributed by atoms with E-state index >= 15 is 0 Å². The Labute approximate surface area is 107 Å². The standard InChI is InChI=1S/C12H20N2O4/c1-3-6-13-8-9-14(12(17)11(13)16)7-5-10(15)18-4-2/h3-9H2,1-2H3. The van der Waals surface area contributed by atoms with Gasteiger partial charge in [0.25, 0.3) is 0 Å². The summed E-state index contributed by atoms with van der Waals surface area (Å²) in [4.78, 5) is 37.6. The van der Waals surface area contributed by atoms with Gasteiger partial charge in [-0.1, -0.05) is 6.92 Å². The average Bonchev–Trinajstić information content (AvgIpc) is 2.35. The van der Waals surface area contributed by atoms with Crippen LogP contribution in [0.2, 0.25) is 0 Å². The third kappa shape index (κ3) is 3.72. The van der Waals surface area contributed by atoms with Crippen molar-refractivity contribution in [1.29, 1.82) is 0 Å². The zero-order valence-corrected chi connectivity index (χ0v) is 11.0. The third-order valence-electron chi connectivity index (χ3n) is 2.78. The van der Waals surface area contributed by atoms with Gasteiger partial charge in [0.2, 0.25) is 0 Å². The van der Waals surface area contributed by atoms with E-state index in [0.29, 0.717) is 26.2 Å². The van der Waals surface area contributed by atoms with Crippen LogP contribution in [0.25, 0.3) is 0 Å². The minimum Gasteiger partial charge on any atom is -0.466 e. The molecular weight excluding hydrogens is 236 g/mol. The van der Waals surface area contributed by atoms with Gasteiger partial charge >= 0.3 is 17.8 Å². The predicted molar refractivity (Wildman–Crippen MR) is 64.7 cm³/mol. The van der Waals surface area contributed by atoms with Crippen LogP contribution in [0, 0.1) is 0 Å². The highest BCUT2D eigenvalue weighted by molar-refractivity contribution is 6.35. The predicted octanol–water partition coefficient (Wildman–Crippen LogP) is 0.0204. The molecule has 6 nitrogen and oxygen atoms in total. The maximum absolute atomic E-state index is 11.8. The van der Waals surface area contributed by atoms with Crippen LogP contribution in [0.1, 0.15) is 26.7 Å². The fourth-order valence-electron chi connectivity index (χ4n) is 1.87. The van der Waals surface area contributed by atoms with Gasteiger partial charge in [0.15, 0.2) is 0 Å². The molecule has 0 spiro atoms. The van der Waals surface area contributed by atoms with Gasteiger partial charge in [-0.05, 0) is 13.3 Å². The summed E-state index contributed by atoms with van der Waals surface area (Å²) in [6.07, 6.45) is 0.975. The molecule has 0 radical (unpaired) electrons. The van der Waals surface area contributed by atoms with E-state index in [1.54, 1.807) is 11.8 Å². The second kappa shape index (κ2) is 6.98. The van der Waals surface area contributed by atoms with Gasteiger partial charge in [-0.2, -0.15) is 0 Å². The molecule has 2 amide bonds. The molecule has 18 heavy (non-hydrogen) atoms. The highest BCUT2D eigenvalue weighted by Gasteiger charge is 2.31. The van der Waals surface area contributed by atoms with Gasteiger partial charge in [-0.3, -0.25) is 14.4 Å². The molecule has 6 heteroatoms. The minimum atomic E-state index is -0.515. The Balaban J connectivity index is 2.43. The average molecular weight is 256 g/mol. The van der Waals surface area contributed by atoms with Crippen molar-refractivity contribution < 1.29 is 19.1 Å². The first-order chi connectivity index (χ1) is 8.60. The Kier molecular flexibility index (Phi) is 5.61. The van der Waals surface area contributed by atoms with Crippen molar-refractivity contribution in [3.63, 3.8) is 0 Å². The quantitative estimate of drug-likeness (QED) is 0.496. The van der Waals surface area contributed by atoms with Gasteiger partial charge < -0.3 is 14.5 Å². The number of carbonyl (C=O) groups excluding carboxylic acids is 3. The number of hydrogen-bond acceptors (Lipinski definition) is 4. The van der Waals surface area contributed by atoms with Crippen LogP contribution in [-0.4, -0.2) is 60.4 Å². The van der Waals surface area contributed by atoms with E-state index in [1.165, 1.54) is 4.90 Å². The SMILES string of the molecule is CCCN1CCN(CCC(=O)OCC)C(=O)C1=O. The Bertz CT molecular complexity index is 330. The summed E-state index contributed by atoms with van der Waals surface area (Å²) < 4.78 is 4.78. The summed E-state index contributed by atoms with van der Waals surface area (Å²) in [6.45, 7) is 5.92. The largest absolute Gasteiger partial charge is 0.466 e. The number of carbonyl (C=O) groups is 3. The minimum absolute atomic E-state index is 0.140. The van der Waals surface area contributed by atoms with Gasteiger partial charge in [-0.25, -0.2) is 0 Å². The summed E-state index contributed by atoms with van der Waals surface area (Å²) in [5.74, 6) is -1.32. The normalized spacial score (nSPS) is 16.1. The van der Waals surface area contributed by atoms with Crippen molar-refractivity contribution in [3.8, 4) is 0 Å². The second-order valence-corrected chi connectivity index (χ2v) is 4.14. The third-order valence-corrected chi connectivity index (χ3v) is 2.78. The molecule has 0 unspecified atom stereocenters. The van der Waals surface area contributed by atoms with E-state index in [0.717, 1.165) is 6.42 Å².